The summed E-state index contributed by atoms with van der Waals surface area (Å²) in [5.74, 6) is 0.131. The summed E-state index contributed by atoms with van der Waals surface area (Å²) in [4.78, 5) is 4.14. The molecular formula is C14H15FN2O. The third kappa shape index (κ3) is 3.05. The van der Waals surface area contributed by atoms with Crippen LogP contribution in [0.15, 0.2) is 42.6 Å². The van der Waals surface area contributed by atoms with E-state index in [2.05, 4.69) is 4.98 Å². The zero-order valence-corrected chi connectivity index (χ0v) is 10.1. The first-order valence-corrected chi connectivity index (χ1v) is 5.74. The maximum atomic E-state index is 13.2. The highest BCUT2D eigenvalue weighted by atomic mass is 19.1. The second-order valence-corrected chi connectivity index (χ2v) is 4.08. The molecule has 0 aliphatic carbocycles. The minimum absolute atomic E-state index is 0.204. The van der Waals surface area contributed by atoms with E-state index in [0.717, 1.165) is 11.3 Å². The molecule has 3 nitrogen and oxygen atoms in total. The Morgan fingerprint density at radius 3 is 2.83 bits per heavy atom. The molecule has 0 amide bonds. The molecular weight excluding hydrogens is 231 g/mol. The number of hydrogen-bond acceptors (Lipinski definition) is 3. The molecule has 0 aliphatic rings. The first-order chi connectivity index (χ1) is 8.66. The summed E-state index contributed by atoms with van der Waals surface area (Å²) in [5.41, 5.74) is 7.39. The lowest BCUT2D eigenvalue weighted by molar-refractivity contribution is 0.295. The molecule has 0 bridgehead atoms. The number of rotatable bonds is 4. The minimum Gasteiger partial charge on any atom is -0.487 e. The van der Waals surface area contributed by atoms with Crippen LogP contribution in [0.3, 0.4) is 0 Å². The van der Waals surface area contributed by atoms with Crippen LogP contribution in [0.25, 0.3) is 0 Å². The predicted octanol–water partition coefficient (Wildman–Crippen LogP) is 2.82. The molecule has 0 fully saturated rings. The minimum atomic E-state index is -0.338. The van der Waals surface area contributed by atoms with Crippen LogP contribution in [0.2, 0.25) is 0 Å². The number of halogens is 1. The lowest BCUT2D eigenvalue weighted by Gasteiger charge is -2.13. The van der Waals surface area contributed by atoms with Crippen LogP contribution in [-0.4, -0.2) is 4.98 Å². The average molecular weight is 246 g/mol. The maximum Gasteiger partial charge on any atom is 0.130 e. The molecule has 1 heterocycles. The molecule has 2 aromatic rings. The monoisotopic (exact) mass is 246 g/mol. The number of pyridine rings is 1. The van der Waals surface area contributed by atoms with E-state index in [9.17, 15) is 4.39 Å². The molecule has 2 rings (SSSR count). The van der Waals surface area contributed by atoms with Gasteiger partial charge in [0.05, 0.1) is 5.69 Å². The van der Waals surface area contributed by atoms with Gasteiger partial charge in [0, 0.05) is 23.9 Å². The number of benzene rings is 1. The maximum absolute atomic E-state index is 13.2. The van der Waals surface area contributed by atoms with Crippen LogP contribution in [-0.2, 0) is 6.61 Å². The second-order valence-electron chi connectivity index (χ2n) is 4.08. The van der Waals surface area contributed by atoms with Crippen molar-refractivity contribution in [2.24, 2.45) is 5.73 Å². The van der Waals surface area contributed by atoms with Gasteiger partial charge in [-0.2, -0.15) is 0 Å². The molecule has 0 radical (unpaired) electrons. The molecule has 4 heteroatoms. The number of nitrogens with zero attached hydrogens (tertiary/aromatic N) is 1. The van der Waals surface area contributed by atoms with Gasteiger partial charge in [0.15, 0.2) is 0 Å². The lowest BCUT2D eigenvalue weighted by Crippen LogP contribution is -2.08. The standard InChI is InChI=1S/C14H15FN2O/c1-10(16)13-6-5-11(15)8-14(13)18-9-12-4-2-3-7-17-12/h2-8,10H,9,16H2,1H3/t10-/m0/s1. The van der Waals surface area contributed by atoms with E-state index in [1.807, 2.05) is 25.1 Å². The quantitative estimate of drug-likeness (QED) is 0.902. The summed E-state index contributed by atoms with van der Waals surface area (Å²) < 4.78 is 18.8. The van der Waals surface area contributed by atoms with Crippen molar-refractivity contribution in [3.63, 3.8) is 0 Å². The van der Waals surface area contributed by atoms with Crippen molar-refractivity contribution in [1.29, 1.82) is 0 Å². The van der Waals surface area contributed by atoms with Crippen molar-refractivity contribution in [2.45, 2.75) is 19.6 Å². The topological polar surface area (TPSA) is 48.1 Å². The van der Waals surface area contributed by atoms with Gasteiger partial charge in [-0.05, 0) is 25.1 Å². The largest absolute Gasteiger partial charge is 0.487 e. The summed E-state index contributed by atoms with van der Waals surface area (Å²) in [6, 6.07) is 9.74. The molecule has 2 N–H and O–H groups in total. The second kappa shape index (κ2) is 5.60. The fourth-order valence-corrected chi connectivity index (χ4v) is 1.64. The third-order valence-corrected chi connectivity index (χ3v) is 2.57. The number of aromatic nitrogens is 1. The smallest absolute Gasteiger partial charge is 0.130 e. The van der Waals surface area contributed by atoms with Gasteiger partial charge < -0.3 is 10.5 Å². The van der Waals surface area contributed by atoms with E-state index in [1.165, 1.54) is 12.1 Å². The summed E-state index contributed by atoms with van der Waals surface area (Å²) >= 11 is 0. The first-order valence-electron chi connectivity index (χ1n) is 5.74. The Hall–Kier alpha value is -1.94. The van der Waals surface area contributed by atoms with Crippen molar-refractivity contribution < 1.29 is 9.13 Å². The average Bonchev–Trinajstić information content (AvgIpc) is 2.37. The van der Waals surface area contributed by atoms with Gasteiger partial charge >= 0.3 is 0 Å². The predicted molar refractivity (Wildman–Crippen MR) is 67.6 cm³/mol. The Labute approximate surface area is 105 Å². The zero-order valence-electron chi connectivity index (χ0n) is 10.1. The fraction of sp³-hybridized carbons (Fsp3) is 0.214. The van der Waals surface area contributed by atoms with E-state index in [0.29, 0.717) is 12.4 Å². The molecule has 0 spiro atoms. The fourth-order valence-electron chi connectivity index (χ4n) is 1.64. The lowest BCUT2D eigenvalue weighted by atomic mass is 10.1. The van der Waals surface area contributed by atoms with Gasteiger partial charge in [-0.1, -0.05) is 12.1 Å². The van der Waals surface area contributed by atoms with E-state index in [-0.39, 0.29) is 11.9 Å². The van der Waals surface area contributed by atoms with E-state index < -0.39 is 0 Å². The Morgan fingerprint density at radius 2 is 2.17 bits per heavy atom. The van der Waals surface area contributed by atoms with Gasteiger partial charge in [-0.15, -0.1) is 0 Å². The van der Waals surface area contributed by atoms with E-state index in [4.69, 9.17) is 10.5 Å². The summed E-state index contributed by atoms with van der Waals surface area (Å²) in [6.07, 6.45) is 1.69. The van der Waals surface area contributed by atoms with Gasteiger partial charge in [-0.25, -0.2) is 4.39 Å². The van der Waals surface area contributed by atoms with Gasteiger partial charge in [0.2, 0.25) is 0 Å². The van der Waals surface area contributed by atoms with Crippen LogP contribution in [0.1, 0.15) is 24.2 Å². The van der Waals surface area contributed by atoms with Gasteiger partial charge in [0.1, 0.15) is 18.2 Å². The third-order valence-electron chi connectivity index (χ3n) is 2.57. The van der Waals surface area contributed by atoms with Crippen molar-refractivity contribution >= 4 is 0 Å². The Bertz CT molecular complexity index is 514. The summed E-state index contributed by atoms with van der Waals surface area (Å²) in [5, 5.41) is 0. The van der Waals surface area contributed by atoms with Gasteiger partial charge in [-0.3, -0.25) is 4.98 Å². The number of nitrogens with two attached hydrogens (primary N) is 1. The Morgan fingerprint density at radius 1 is 1.33 bits per heavy atom. The van der Waals surface area contributed by atoms with Gasteiger partial charge in [0.25, 0.3) is 0 Å². The molecule has 0 saturated carbocycles. The van der Waals surface area contributed by atoms with Crippen molar-refractivity contribution in [2.75, 3.05) is 0 Å². The molecule has 1 aromatic heterocycles. The highest BCUT2D eigenvalue weighted by Crippen LogP contribution is 2.25. The normalized spacial score (nSPS) is 12.2. The molecule has 1 atom stereocenters. The molecule has 0 saturated heterocycles. The zero-order chi connectivity index (χ0) is 13.0. The molecule has 18 heavy (non-hydrogen) atoms. The van der Waals surface area contributed by atoms with Crippen LogP contribution >= 0.6 is 0 Å². The van der Waals surface area contributed by atoms with Crippen molar-refractivity contribution in [3.8, 4) is 5.75 Å². The first kappa shape index (κ1) is 12.5. The van der Waals surface area contributed by atoms with Crippen molar-refractivity contribution in [1.82, 2.24) is 4.98 Å². The highest BCUT2D eigenvalue weighted by molar-refractivity contribution is 5.36. The molecule has 0 aliphatic heterocycles. The SMILES string of the molecule is C[C@H](N)c1ccc(F)cc1OCc1ccccn1. The summed E-state index contributed by atoms with van der Waals surface area (Å²) in [7, 11) is 0. The summed E-state index contributed by atoms with van der Waals surface area (Å²) in [6.45, 7) is 2.13. The van der Waals surface area contributed by atoms with E-state index in [1.54, 1.807) is 12.3 Å². The number of hydrogen-bond donors (Lipinski definition) is 1. The Kier molecular flexibility index (Phi) is 3.89. The van der Waals surface area contributed by atoms with Crippen molar-refractivity contribution in [3.05, 3.63) is 59.7 Å². The van der Waals surface area contributed by atoms with Crippen LogP contribution in [0, 0.1) is 5.82 Å². The van der Waals surface area contributed by atoms with Crippen LogP contribution in [0.4, 0.5) is 4.39 Å². The molecule has 0 unspecified atom stereocenters. The number of ether oxygens (including phenoxy) is 1. The highest BCUT2D eigenvalue weighted by Gasteiger charge is 2.09. The van der Waals surface area contributed by atoms with E-state index >= 15 is 0 Å². The Balaban J connectivity index is 2.15. The molecule has 1 aromatic carbocycles. The van der Waals surface area contributed by atoms with Crippen LogP contribution in [0.5, 0.6) is 5.75 Å². The van der Waals surface area contributed by atoms with Crippen LogP contribution < -0.4 is 10.5 Å². The molecule has 94 valence electrons.